The number of aliphatic hydroxyl groups excluding tert-OH is 2. The van der Waals surface area contributed by atoms with Crippen molar-refractivity contribution >= 4 is 39.5 Å². The summed E-state index contributed by atoms with van der Waals surface area (Å²) in [7, 11) is 0. The number of hydrogen-bond donors (Lipinski definition) is 3. The van der Waals surface area contributed by atoms with Crippen LogP contribution in [0.5, 0.6) is 0 Å². The lowest BCUT2D eigenvalue weighted by Crippen LogP contribution is -2.35. The standard InChI is InChI=1S/C37H37N3O4/c41-22-21-40-18-15-29-25-30(7-14-35(29)40)37(44)24-27-3-10-32(11-4-27)38-31-8-1-26(2-9-31)23-36(43)28-5-12-33(13-6-28)39-19-16-34(42)17-20-39/h1-15,18,25,34,38,41-42H,16-17,19-24H2. The van der Waals surface area contributed by atoms with Crippen LogP contribution in [-0.4, -0.2) is 52.1 Å². The van der Waals surface area contributed by atoms with Crippen LogP contribution in [0.4, 0.5) is 17.1 Å². The molecule has 7 nitrogen and oxygen atoms in total. The number of aromatic nitrogens is 1. The molecular formula is C37H37N3O4. The van der Waals surface area contributed by atoms with Gasteiger partial charge >= 0.3 is 0 Å². The summed E-state index contributed by atoms with van der Waals surface area (Å²) in [5.74, 6) is 0.141. The number of carbonyl (C=O) groups is 2. The Labute approximate surface area is 257 Å². The van der Waals surface area contributed by atoms with E-state index in [0.717, 1.165) is 65.0 Å². The third-order valence-corrected chi connectivity index (χ3v) is 8.38. The third kappa shape index (κ3) is 6.91. The van der Waals surface area contributed by atoms with Gasteiger partial charge in [0.2, 0.25) is 0 Å². The molecule has 2 heterocycles. The summed E-state index contributed by atoms with van der Waals surface area (Å²) in [6, 6.07) is 31.2. The van der Waals surface area contributed by atoms with Gasteiger partial charge in [0.05, 0.1) is 12.7 Å². The van der Waals surface area contributed by atoms with Gasteiger partial charge in [0.15, 0.2) is 11.6 Å². The van der Waals surface area contributed by atoms with Crippen molar-refractivity contribution in [2.24, 2.45) is 0 Å². The highest BCUT2D eigenvalue weighted by atomic mass is 16.3. The summed E-state index contributed by atoms with van der Waals surface area (Å²) >= 11 is 0. The zero-order valence-electron chi connectivity index (χ0n) is 24.7. The number of carbonyl (C=O) groups excluding carboxylic acids is 2. The maximum absolute atomic E-state index is 13.0. The molecule has 0 amide bonds. The van der Waals surface area contributed by atoms with E-state index in [-0.39, 0.29) is 24.3 Å². The Kier molecular flexibility index (Phi) is 8.86. The number of piperidine rings is 1. The molecule has 1 fully saturated rings. The molecule has 44 heavy (non-hydrogen) atoms. The number of nitrogens with one attached hydrogen (secondary N) is 1. The SMILES string of the molecule is O=C(Cc1ccc(Nc2ccc(CC(=O)c3ccc4c(ccn4CCO)c3)cc2)cc1)c1ccc(N2CCC(O)CC2)cc1. The van der Waals surface area contributed by atoms with Crippen LogP contribution in [0.25, 0.3) is 10.9 Å². The molecule has 3 N–H and O–H groups in total. The number of anilines is 3. The van der Waals surface area contributed by atoms with Crippen LogP contribution in [0.2, 0.25) is 0 Å². The second kappa shape index (κ2) is 13.3. The number of nitrogens with zero attached hydrogens (tertiary/aromatic N) is 2. The minimum atomic E-state index is -0.206. The molecule has 4 aromatic carbocycles. The van der Waals surface area contributed by atoms with Gasteiger partial charge in [-0.15, -0.1) is 0 Å². The molecule has 6 rings (SSSR count). The summed E-state index contributed by atoms with van der Waals surface area (Å²) in [4.78, 5) is 28.1. The maximum Gasteiger partial charge on any atom is 0.167 e. The Balaban J connectivity index is 1.01. The molecule has 0 unspecified atom stereocenters. The number of fused-ring (bicyclic) bond motifs is 1. The highest BCUT2D eigenvalue weighted by Gasteiger charge is 2.17. The average molecular weight is 588 g/mol. The van der Waals surface area contributed by atoms with E-state index in [0.29, 0.717) is 30.5 Å². The number of benzene rings is 4. The predicted molar refractivity (Wildman–Crippen MR) is 175 cm³/mol. The zero-order valence-corrected chi connectivity index (χ0v) is 24.7. The highest BCUT2D eigenvalue weighted by Crippen LogP contribution is 2.23. The molecule has 0 bridgehead atoms. The maximum atomic E-state index is 13.0. The second-order valence-corrected chi connectivity index (χ2v) is 11.5. The molecule has 224 valence electrons. The van der Waals surface area contributed by atoms with Crippen molar-refractivity contribution in [1.82, 2.24) is 4.57 Å². The van der Waals surface area contributed by atoms with E-state index < -0.39 is 0 Å². The summed E-state index contributed by atoms with van der Waals surface area (Å²) < 4.78 is 1.98. The first-order valence-electron chi connectivity index (χ1n) is 15.2. The van der Waals surface area contributed by atoms with Crippen LogP contribution < -0.4 is 10.2 Å². The monoisotopic (exact) mass is 587 g/mol. The van der Waals surface area contributed by atoms with Gasteiger partial charge < -0.3 is 25.0 Å². The Bertz CT molecular complexity index is 1730. The highest BCUT2D eigenvalue weighted by molar-refractivity contribution is 6.01. The summed E-state index contributed by atoms with van der Waals surface area (Å²) in [6.45, 7) is 2.27. The van der Waals surface area contributed by atoms with E-state index >= 15 is 0 Å². The van der Waals surface area contributed by atoms with Crippen molar-refractivity contribution in [2.75, 3.05) is 29.9 Å². The summed E-state index contributed by atoms with van der Waals surface area (Å²) in [6.07, 6.45) is 3.93. The van der Waals surface area contributed by atoms with Crippen molar-refractivity contribution < 1.29 is 19.8 Å². The van der Waals surface area contributed by atoms with Crippen molar-refractivity contribution in [3.05, 3.63) is 126 Å². The van der Waals surface area contributed by atoms with Crippen LogP contribution in [0.3, 0.4) is 0 Å². The van der Waals surface area contributed by atoms with Crippen molar-refractivity contribution in [3.8, 4) is 0 Å². The smallest absolute Gasteiger partial charge is 0.167 e. The minimum Gasteiger partial charge on any atom is -0.395 e. The van der Waals surface area contributed by atoms with Gasteiger partial charge in [-0.05, 0) is 96.8 Å². The largest absolute Gasteiger partial charge is 0.395 e. The Morgan fingerprint density at radius 1 is 0.727 bits per heavy atom. The first-order chi connectivity index (χ1) is 21.4. The zero-order chi connectivity index (χ0) is 30.5. The molecule has 0 spiro atoms. The molecule has 7 heteroatoms. The fourth-order valence-corrected chi connectivity index (χ4v) is 5.81. The number of aliphatic hydroxyl groups is 2. The van der Waals surface area contributed by atoms with Gasteiger partial charge in [-0.2, -0.15) is 0 Å². The Hall–Kier alpha value is -4.72. The van der Waals surface area contributed by atoms with Gasteiger partial charge in [-0.1, -0.05) is 24.3 Å². The van der Waals surface area contributed by atoms with E-state index in [2.05, 4.69) is 10.2 Å². The Morgan fingerprint density at radius 3 is 1.89 bits per heavy atom. The third-order valence-electron chi connectivity index (χ3n) is 8.38. The molecular weight excluding hydrogens is 550 g/mol. The fourth-order valence-electron chi connectivity index (χ4n) is 5.81. The predicted octanol–water partition coefficient (Wildman–Crippen LogP) is 6.19. The van der Waals surface area contributed by atoms with Crippen LogP contribution in [-0.2, 0) is 19.4 Å². The lowest BCUT2D eigenvalue weighted by Gasteiger charge is -2.31. The van der Waals surface area contributed by atoms with Crippen LogP contribution in [0.1, 0.15) is 44.7 Å². The number of hydrogen-bond acceptors (Lipinski definition) is 6. The van der Waals surface area contributed by atoms with Gasteiger partial charge in [0.1, 0.15) is 0 Å². The van der Waals surface area contributed by atoms with E-state index in [9.17, 15) is 19.8 Å². The molecule has 0 saturated carbocycles. The quantitative estimate of drug-likeness (QED) is 0.160. The molecule has 0 aliphatic carbocycles. The van der Waals surface area contributed by atoms with Crippen molar-refractivity contribution in [2.45, 2.75) is 38.3 Å². The molecule has 1 aliphatic rings. The Morgan fingerprint density at radius 2 is 1.30 bits per heavy atom. The lowest BCUT2D eigenvalue weighted by molar-refractivity contribution is 0.0985. The number of Topliss-reactive ketones (excluding diaryl/α,β-unsaturated/α-hetero) is 2. The van der Waals surface area contributed by atoms with E-state index in [1.807, 2.05) is 108 Å². The second-order valence-electron chi connectivity index (χ2n) is 11.5. The number of ketones is 2. The fraction of sp³-hybridized carbons (Fsp3) is 0.243. The van der Waals surface area contributed by atoms with Gasteiger partial charge in [-0.3, -0.25) is 9.59 Å². The van der Waals surface area contributed by atoms with Crippen LogP contribution in [0.15, 0.2) is 103 Å². The van der Waals surface area contributed by atoms with Crippen LogP contribution in [0, 0.1) is 0 Å². The molecule has 0 radical (unpaired) electrons. The van der Waals surface area contributed by atoms with Gasteiger partial charge in [0, 0.05) is 77.8 Å². The van der Waals surface area contributed by atoms with Crippen LogP contribution >= 0.6 is 0 Å². The number of rotatable bonds is 11. The van der Waals surface area contributed by atoms with Gasteiger partial charge in [-0.25, -0.2) is 0 Å². The lowest BCUT2D eigenvalue weighted by atomic mass is 10.0. The average Bonchev–Trinajstić information content (AvgIpc) is 3.45. The normalized spacial score (nSPS) is 13.7. The first-order valence-corrected chi connectivity index (χ1v) is 15.2. The molecule has 1 aliphatic heterocycles. The van der Waals surface area contributed by atoms with Gasteiger partial charge in [0.25, 0.3) is 0 Å². The topological polar surface area (TPSA) is 94.8 Å². The molecule has 0 atom stereocenters. The van der Waals surface area contributed by atoms with E-state index in [1.165, 1.54) is 0 Å². The first kappa shape index (κ1) is 29.4. The molecule has 1 saturated heterocycles. The minimum absolute atomic E-state index is 0.0614. The summed E-state index contributed by atoms with van der Waals surface area (Å²) in [5, 5.41) is 23.3. The molecule has 5 aromatic rings. The van der Waals surface area contributed by atoms with E-state index in [4.69, 9.17) is 0 Å². The van der Waals surface area contributed by atoms with Crippen molar-refractivity contribution in [1.29, 1.82) is 0 Å². The van der Waals surface area contributed by atoms with E-state index in [1.54, 1.807) is 0 Å². The summed E-state index contributed by atoms with van der Waals surface area (Å²) in [5.41, 5.74) is 7.20. The van der Waals surface area contributed by atoms with Crippen molar-refractivity contribution in [3.63, 3.8) is 0 Å². The molecule has 1 aromatic heterocycles.